The van der Waals surface area contributed by atoms with Gasteiger partial charge in [0, 0.05) is 5.02 Å². The largest absolute Gasteiger partial charge is 0.463 e. The second-order valence-electron chi connectivity index (χ2n) is 4.56. The third-order valence-corrected chi connectivity index (χ3v) is 3.29. The summed E-state index contributed by atoms with van der Waals surface area (Å²) in [6, 6.07) is 8.67. The van der Waals surface area contributed by atoms with Gasteiger partial charge < -0.3 is 14.6 Å². The van der Waals surface area contributed by atoms with E-state index >= 15 is 0 Å². The summed E-state index contributed by atoms with van der Waals surface area (Å²) in [5, 5.41) is 3.75. The van der Waals surface area contributed by atoms with Gasteiger partial charge in [-0.3, -0.25) is 4.79 Å². The Balaban J connectivity index is 1.90. The van der Waals surface area contributed by atoms with Crippen LogP contribution in [-0.2, 0) is 11.3 Å². The maximum absolute atomic E-state index is 12.0. The molecule has 0 saturated heterocycles. The van der Waals surface area contributed by atoms with Crippen molar-refractivity contribution in [2.75, 3.05) is 18.9 Å². The molecule has 1 aromatic carbocycles. The molecule has 1 aromatic heterocycles. The second kappa shape index (κ2) is 6.79. The topological polar surface area (TPSA) is 46.7 Å². The van der Waals surface area contributed by atoms with Gasteiger partial charge in [0.15, 0.2) is 12.3 Å². The molecule has 0 radical (unpaired) electrons. The van der Waals surface area contributed by atoms with Crippen molar-refractivity contribution in [3.63, 3.8) is 0 Å². The maximum Gasteiger partial charge on any atom is 0.279 e. The van der Waals surface area contributed by atoms with Crippen molar-refractivity contribution < 1.29 is 14.1 Å². The third kappa shape index (κ3) is 4.27. The predicted octanol–water partition coefficient (Wildman–Crippen LogP) is 2.24. The summed E-state index contributed by atoms with van der Waals surface area (Å²) < 4.78 is 5.25. The molecule has 6 heteroatoms. The molecule has 0 bridgehead atoms. The van der Waals surface area contributed by atoms with Crippen molar-refractivity contribution in [2.24, 2.45) is 0 Å². The Morgan fingerprint density at radius 1 is 1.35 bits per heavy atom. The van der Waals surface area contributed by atoms with Crippen molar-refractivity contribution in [1.29, 1.82) is 0 Å². The van der Waals surface area contributed by atoms with Gasteiger partial charge in [0.25, 0.3) is 5.91 Å². The molecule has 0 aliphatic heterocycles. The molecule has 2 aromatic rings. The molecule has 0 fully saturated rings. The van der Waals surface area contributed by atoms with Crippen molar-refractivity contribution in [1.82, 2.24) is 0 Å². The van der Waals surface area contributed by atoms with E-state index in [1.54, 1.807) is 24.5 Å². The summed E-state index contributed by atoms with van der Waals surface area (Å²) in [6.07, 6.45) is 1.62. The molecule has 0 spiro atoms. The predicted molar refractivity (Wildman–Crippen MR) is 79.3 cm³/mol. The number of benzene rings is 1. The first-order chi connectivity index (χ1) is 9.54. The van der Waals surface area contributed by atoms with Crippen molar-refractivity contribution >= 4 is 34.8 Å². The molecule has 0 saturated carbocycles. The van der Waals surface area contributed by atoms with E-state index in [4.69, 9.17) is 27.6 Å². The number of carbonyl (C=O) groups is 1. The third-order valence-electron chi connectivity index (χ3n) is 2.72. The Morgan fingerprint density at radius 2 is 2.15 bits per heavy atom. The Kier molecular flexibility index (Phi) is 5.06. The summed E-state index contributed by atoms with van der Waals surface area (Å²) >= 11 is 11.9. The SMILES string of the molecule is C[NH+](CC(=O)Nc1cc(Cl)ccc1Cl)Cc1ccco1. The van der Waals surface area contributed by atoms with Gasteiger partial charge in [-0.15, -0.1) is 0 Å². The van der Waals surface area contributed by atoms with Crippen LogP contribution in [0.1, 0.15) is 5.76 Å². The van der Waals surface area contributed by atoms with Crippen LogP contribution in [0.15, 0.2) is 41.0 Å². The van der Waals surface area contributed by atoms with E-state index in [1.165, 1.54) is 0 Å². The van der Waals surface area contributed by atoms with Crippen LogP contribution in [-0.4, -0.2) is 19.5 Å². The lowest BCUT2D eigenvalue weighted by Gasteiger charge is -2.13. The fourth-order valence-electron chi connectivity index (χ4n) is 1.83. The van der Waals surface area contributed by atoms with Gasteiger partial charge in [0.05, 0.1) is 24.0 Å². The lowest BCUT2D eigenvalue weighted by molar-refractivity contribution is -0.886. The highest BCUT2D eigenvalue weighted by atomic mass is 35.5. The molecular weight excluding hydrogens is 299 g/mol. The van der Waals surface area contributed by atoms with Gasteiger partial charge >= 0.3 is 0 Å². The van der Waals surface area contributed by atoms with Crippen LogP contribution >= 0.6 is 23.2 Å². The Morgan fingerprint density at radius 3 is 2.85 bits per heavy atom. The first-order valence-electron chi connectivity index (χ1n) is 6.13. The number of hydrogen-bond donors (Lipinski definition) is 2. The molecule has 1 heterocycles. The highest BCUT2D eigenvalue weighted by molar-refractivity contribution is 6.35. The molecule has 1 unspecified atom stereocenters. The monoisotopic (exact) mass is 313 g/mol. The number of furan rings is 1. The molecule has 0 aliphatic rings. The van der Waals surface area contributed by atoms with Gasteiger partial charge in [-0.05, 0) is 30.3 Å². The standard InChI is InChI=1S/C14H14Cl2N2O2/c1-18(8-11-3-2-6-20-11)9-14(19)17-13-7-10(15)4-5-12(13)16/h2-7H,8-9H2,1H3,(H,17,19)/p+1. The lowest BCUT2D eigenvalue weighted by atomic mass is 10.3. The van der Waals surface area contributed by atoms with Gasteiger partial charge in [-0.2, -0.15) is 0 Å². The average Bonchev–Trinajstić information content (AvgIpc) is 2.86. The highest BCUT2D eigenvalue weighted by Gasteiger charge is 2.13. The van der Waals surface area contributed by atoms with Crippen molar-refractivity contribution in [3.8, 4) is 0 Å². The summed E-state index contributed by atoms with van der Waals surface area (Å²) in [6.45, 7) is 0.952. The van der Waals surface area contributed by atoms with E-state index in [0.717, 1.165) is 10.7 Å². The number of hydrogen-bond acceptors (Lipinski definition) is 2. The first kappa shape index (κ1) is 14.9. The number of rotatable bonds is 5. The number of anilines is 1. The Bertz CT molecular complexity index is 585. The van der Waals surface area contributed by atoms with E-state index in [0.29, 0.717) is 28.8 Å². The molecule has 1 amide bonds. The average molecular weight is 314 g/mol. The van der Waals surface area contributed by atoms with Crippen LogP contribution in [0.25, 0.3) is 0 Å². The summed E-state index contributed by atoms with van der Waals surface area (Å²) in [5.74, 6) is 0.717. The van der Waals surface area contributed by atoms with E-state index < -0.39 is 0 Å². The molecule has 106 valence electrons. The molecule has 1 atom stereocenters. The van der Waals surface area contributed by atoms with E-state index in [1.807, 2.05) is 19.2 Å². The molecular formula is C14H15Cl2N2O2+. The van der Waals surface area contributed by atoms with E-state index in [2.05, 4.69) is 5.32 Å². The molecule has 0 aliphatic carbocycles. The van der Waals surface area contributed by atoms with Gasteiger partial charge in [0.1, 0.15) is 6.54 Å². The maximum atomic E-state index is 12.0. The zero-order valence-corrected chi connectivity index (χ0v) is 12.5. The minimum absolute atomic E-state index is 0.127. The normalized spacial score (nSPS) is 12.2. The Hall–Kier alpha value is -1.49. The zero-order valence-electron chi connectivity index (χ0n) is 11.0. The minimum atomic E-state index is -0.127. The summed E-state index contributed by atoms with van der Waals surface area (Å²) in [4.78, 5) is 13.0. The van der Waals surface area contributed by atoms with Crippen LogP contribution in [0, 0.1) is 0 Å². The van der Waals surface area contributed by atoms with Crippen LogP contribution in [0.3, 0.4) is 0 Å². The number of halogens is 2. The van der Waals surface area contributed by atoms with E-state index in [9.17, 15) is 4.79 Å². The fraction of sp³-hybridized carbons (Fsp3) is 0.214. The van der Waals surface area contributed by atoms with Crippen LogP contribution < -0.4 is 10.2 Å². The Labute approximate surface area is 127 Å². The van der Waals surface area contributed by atoms with Crippen LogP contribution in [0.4, 0.5) is 5.69 Å². The van der Waals surface area contributed by atoms with Crippen molar-refractivity contribution in [2.45, 2.75) is 6.54 Å². The highest BCUT2D eigenvalue weighted by Crippen LogP contribution is 2.25. The fourth-order valence-corrected chi connectivity index (χ4v) is 2.17. The molecule has 20 heavy (non-hydrogen) atoms. The van der Waals surface area contributed by atoms with Gasteiger partial charge in [-0.25, -0.2) is 0 Å². The zero-order chi connectivity index (χ0) is 14.5. The molecule has 2 N–H and O–H groups in total. The van der Waals surface area contributed by atoms with Gasteiger partial charge in [-0.1, -0.05) is 23.2 Å². The quantitative estimate of drug-likeness (QED) is 0.889. The van der Waals surface area contributed by atoms with E-state index in [-0.39, 0.29) is 5.91 Å². The second-order valence-corrected chi connectivity index (χ2v) is 5.41. The summed E-state index contributed by atoms with van der Waals surface area (Å²) in [7, 11) is 1.92. The first-order valence-corrected chi connectivity index (χ1v) is 6.89. The van der Waals surface area contributed by atoms with Gasteiger partial charge in [0.2, 0.25) is 0 Å². The number of quaternary nitrogens is 1. The lowest BCUT2D eigenvalue weighted by Crippen LogP contribution is -3.08. The smallest absolute Gasteiger partial charge is 0.279 e. The summed E-state index contributed by atoms with van der Waals surface area (Å²) in [5.41, 5.74) is 0.523. The van der Waals surface area contributed by atoms with Crippen LogP contribution in [0.2, 0.25) is 10.0 Å². The number of nitrogens with one attached hydrogen (secondary N) is 2. The van der Waals surface area contributed by atoms with Crippen LogP contribution in [0.5, 0.6) is 0 Å². The molecule has 4 nitrogen and oxygen atoms in total. The number of carbonyl (C=O) groups excluding carboxylic acids is 1. The number of amides is 1. The molecule has 2 rings (SSSR count). The van der Waals surface area contributed by atoms with Crippen molar-refractivity contribution in [3.05, 3.63) is 52.4 Å². The minimum Gasteiger partial charge on any atom is -0.463 e. The number of likely N-dealkylation sites (N-methyl/N-ethyl adjacent to an activating group) is 1.